The highest BCUT2D eigenvalue weighted by Crippen LogP contribution is 2.34. The van der Waals surface area contributed by atoms with Gasteiger partial charge in [-0.2, -0.15) is 5.10 Å². The molecule has 7 heteroatoms. The van der Waals surface area contributed by atoms with Gasteiger partial charge in [0.1, 0.15) is 12.4 Å². The van der Waals surface area contributed by atoms with E-state index in [-0.39, 0.29) is 18.4 Å². The molecule has 142 valence electrons. The van der Waals surface area contributed by atoms with Crippen molar-refractivity contribution in [1.82, 2.24) is 9.78 Å². The fraction of sp³-hybridized carbons (Fsp3) is 0.190. The predicted octanol–water partition coefficient (Wildman–Crippen LogP) is 3.32. The smallest absolute Gasteiger partial charge is 0.245 e. The third-order valence-corrected chi connectivity index (χ3v) is 5.50. The van der Waals surface area contributed by atoms with E-state index in [1.807, 2.05) is 67.6 Å². The van der Waals surface area contributed by atoms with Gasteiger partial charge < -0.3 is 10.2 Å². The predicted molar refractivity (Wildman–Crippen MR) is 111 cm³/mol. The molecule has 2 heterocycles. The summed E-state index contributed by atoms with van der Waals surface area (Å²) < 4.78 is 1.77. The molecular weight excluding hydrogens is 372 g/mol. The number of aromatic nitrogens is 2. The molecule has 2 aromatic carbocycles. The molecule has 0 radical (unpaired) electrons. The molecular formula is C21H20N4O2S. The van der Waals surface area contributed by atoms with E-state index in [1.165, 1.54) is 11.8 Å². The van der Waals surface area contributed by atoms with Crippen molar-refractivity contribution in [3.63, 3.8) is 0 Å². The molecule has 0 bridgehead atoms. The fourth-order valence-electron chi connectivity index (χ4n) is 3.18. The number of aryl methyl sites for hydroxylation is 1. The average molecular weight is 392 g/mol. The van der Waals surface area contributed by atoms with E-state index in [1.54, 1.807) is 9.58 Å². The van der Waals surface area contributed by atoms with Crippen LogP contribution in [0.3, 0.4) is 0 Å². The summed E-state index contributed by atoms with van der Waals surface area (Å²) in [6.07, 6.45) is 0. The van der Waals surface area contributed by atoms with E-state index >= 15 is 0 Å². The third kappa shape index (κ3) is 3.94. The van der Waals surface area contributed by atoms with Crippen LogP contribution in [0.2, 0.25) is 0 Å². The van der Waals surface area contributed by atoms with Gasteiger partial charge in [-0.15, -0.1) is 11.8 Å². The van der Waals surface area contributed by atoms with E-state index < -0.39 is 0 Å². The van der Waals surface area contributed by atoms with Gasteiger partial charge in [0.25, 0.3) is 0 Å². The van der Waals surface area contributed by atoms with Crippen LogP contribution >= 0.6 is 11.8 Å². The second-order valence-corrected chi connectivity index (χ2v) is 7.62. The minimum Gasteiger partial charge on any atom is -0.309 e. The topological polar surface area (TPSA) is 67.2 Å². The van der Waals surface area contributed by atoms with Gasteiger partial charge in [-0.05, 0) is 24.6 Å². The Kier molecular flexibility index (Phi) is 5.16. The number of para-hydroxylation sites is 1. The molecule has 1 N–H and O–H groups in total. The van der Waals surface area contributed by atoms with Gasteiger partial charge in [0.05, 0.1) is 23.7 Å². The van der Waals surface area contributed by atoms with Gasteiger partial charge in [-0.25, -0.2) is 4.68 Å². The van der Waals surface area contributed by atoms with Gasteiger partial charge in [0.15, 0.2) is 0 Å². The zero-order valence-corrected chi connectivity index (χ0v) is 16.3. The SMILES string of the molecule is Cc1cc(NC(=O)CN2C(=O)CSc3ccccc32)n(Cc2ccccc2)n1. The maximum absolute atomic E-state index is 12.7. The van der Waals surface area contributed by atoms with E-state index in [0.717, 1.165) is 21.8 Å². The quantitative estimate of drug-likeness (QED) is 0.723. The molecule has 28 heavy (non-hydrogen) atoms. The van der Waals surface area contributed by atoms with Crippen LogP contribution in [0, 0.1) is 6.92 Å². The van der Waals surface area contributed by atoms with Crippen molar-refractivity contribution in [2.24, 2.45) is 0 Å². The maximum atomic E-state index is 12.7. The number of benzene rings is 2. The first-order chi connectivity index (χ1) is 13.6. The van der Waals surface area contributed by atoms with Crippen molar-refractivity contribution in [3.05, 3.63) is 71.9 Å². The lowest BCUT2D eigenvalue weighted by Crippen LogP contribution is -2.41. The number of nitrogens with zero attached hydrogens (tertiary/aromatic N) is 3. The lowest BCUT2D eigenvalue weighted by molar-refractivity contribution is -0.120. The summed E-state index contributed by atoms with van der Waals surface area (Å²) in [6, 6.07) is 19.4. The molecule has 1 aliphatic heterocycles. The second-order valence-electron chi connectivity index (χ2n) is 6.60. The number of nitrogens with one attached hydrogen (secondary N) is 1. The molecule has 6 nitrogen and oxygen atoms in total. The van der Waals surface area contributed by atoms with Crippen molar-refractivity contribution >= 4 is 35.1 Å². The fourth-order valence-corrected chi connectivity index (χ4v) is 4.11. The summed E-state index contributed by atoms with van der Waals surface area (Å²) in [4.78, 5) is 27.6. The minimum atomic E-state index is -0.246. The lowest BCUT2D eigenvalue weighted by atomic mass is 10.2. The van der Waals surface area contributed by atoms with Crippen LogP contribution in [0.1, 0.15) is 11.3 Å². The number of thioether (sulfide) groups is 1. The second kappa shape index (κ2) is 7.90. The first kappa shape index (κ1) is 18.3. The first-order valence-electron chi connectivity index (χ1n) is 9.00. The summed E-state index contributed by atoms with van der Waals surface area (Å²) in [5.74, 6) is 0.658. The molecule has 3 aromatic rings. The molecule has 0 saturated heterocycles. The molecule has 0 saturated carbocycles. The van der Waals surface area contributed by atoms with Crippen LogP contribution in [-0.4, -0.2) is 33.9 Å². The number of hydrogen-bond donors (Lipinski definition) is 1. The van der Waals surface area contributed by atoms with Crippen molar-refractivity contribution in [1.29, 1.82) is 0 Å². The van der Waals surface area contributed by atoms with E-state index in [9.17, 15) is 9.59 Å². The van der Waals surface area contributed by atoms with Crippen LogP contribution in [0.15, 0.2) is 65.6 Å². The average Bonchev–Trinajstić information content (AvgIpc) is 3.03. The van der Waals surface area contributed by atoms with Crippen LogP contribution in [0.4, 0.5) is 11.5 Å². The highest BCUT2D eigenvalue weighted by Gasteiger charge is 2.26. The number of fused-ring (bicyclic) bond motifs is 1. The number of carbonyl (C=O) groups is 2. The Hall–Kier alpha value is -3.06. The van der Waals surface area contributed by atoms with Crippen molar-refractivity contribution in [3.8, 4) is 0 Å². The van der Waals surface area contributed by atoms with Crippen LogP contribution in [-0.2, 0) is 16.1 Å². The number of amides is 2. The summed E-state index contributed by atoms with van der Waals surface area (Å²) in [5, 5.41) is 7.39. The summed E-state index contributed by atoms with van der Waals surface area (Å²) >= 11 is 1.50. The van der Waals surface area contributed by atoms with Crippen molar-refractivity contribution < 1.29 is 9.59 Å². The van der Waals surface area contributed by atoms with Crippen molar-refractivity contribution in [2.75, 3.05) is 22.5 Å². The van der Waals surface area contributed by atoms with Gasteiger partial charge in [0.2, 0.25) is 11.8 Å². The van der Waals surface area contributed by atoms with E-state index in [2.05, 4.69) is 10.4 Å². The van der Waals surface area contributed by atoms with E-state index in [4.69, 9.17) is 0 Å². The van der Waals surface area contributed by atoms with Gasteiger partial charge >= 0.3 is 0 Å². The monoisotopic (exact) mass is 392 g/mol. The lowest BCUT2D eigenvalue weighted by Gasteiger charge is -2.28. The minimum absolute atomic E-state index is 0.0219. The zero-order valence-electron chi connectivity index (χ0n) is 15.5. The van der Waals surface area contributed by atoms with E-state index in [0.29, 0.717) is 18.1 Å². The molecule has 0 unspecified atom stereocenters. The number of carbonyl (C=O) groups excluding carboxylic acids is 2. The Labute approximate surface area is 167 Å². The normalized spacial score (nSPS) is 13.3. The summed E-state index contributed by atoms with van der Waals surface area (Å²) in [7, 11) is 0. The standard InChI is InChI=1S/C21H20N4O2S/c1-15-11-19(25(23-15)12-16-7-3-2-4-8-16)22-20(26)13-24-17-9-5-6-10-18(17)28-14-21(24)27/h2-11H,12-14H2,1H3,(H,22,26). The Morgan fingerprint density at radius 1 is 1.14 bits per heavy atom. The molecule has 1 aromatic heterocycles. The molecule has 0 aliphatic carbocycles. The number of rotatable bonds is 5. The Morgan fingerprint density at radius 2 is 1.89 bits per heavy atom. The van der Waals surface area contributed by atoms with Crippen molar-refractivity contribution in [2.45, 2.75) is 18.4 Å². The molecule has 1 aliphatic rings. The number of anilines is 2. The Balaban J connectivity index is 1.50. The summed E-state index contributed by atoms with van der Waals surface area (Å²) in [5.41, 5.74) is 2.70. The zero-order chi connectivity index (χ0) is 19.5. The van der Waals surface area contributed by atoms with Gasteiger partial charge in [-0.1, -0.05) is 42.5 Å². The molecule has 4 rings (SSSR count). The maximum Gasteiger partial charge on any atom is 0.245 e. The Bertz CT molecular complexity index is 1020. The van der Waals surface area contributed by atoms with Gasteiger partial charge in [-0.3, -0.25) is 9.59 Å². The molecule has 0 spiro atoms. The van der Waals surface area contributed by atoms with Crippen LogP contribution < -0.4 is 10.2 Å². The third-order valence-electron chi connectivity index (χ3n) is 4.45. The molecule has 0 atom stereocenters. The molecule has 0 fully saturated rings. The largest absolute Gasteiger partial charge is 0.309 e. The van der Waals surface area contributed by atoms with Crippen LogP contribution in [0.25, 0.3) is 0 Å². The first-order valence-corrected chi connectivity index (χ1v) is 9.99. The molecule has 2 amide bonds. The van der Waals surface area contributed by atoms with Gasteiger partial charge in [0, 0.05) is 11.0 Å². The summed E-state index contributed by atoms with van der Waals surface area (Å²) in [6.45, 7) is 2.43. The highest BCUT2D eigenvalue weighted by atomic mass is 32.2. The highest BCUT2D eigenvalue weighted by molar-refractivity contribution is 8.00. The Morgan fingerprint density at radius 3 is 2.71 bits per heavy atom. The number of hydrogen-bond acceptors (Lipinski definition) is 4. The van der Waals surface area contributed by atoms with Crippen LogP contribution in [0.5, 0.6) is 0 Å².